The Morgan fingerprint density at radius 3 is 2.67 bits per heavy atom. The van der Waals surface area contributed by atoms with Gasteiger partial charge in [-0.2, -0.15) is 0 Å². The molecule has 3 heteroatoms. The molecule has 0 aromatic heterocycles. The second-order valence-electron chi connectivity index (χ2n) is 2.93. The van der Waals surface area contributed by atoms with Gasteiger partial charge in [-0.05, 0) is 12.3 Å². The molecule has 0 aliphatic carbocycles. The van der Waals surface area contributed by atoms with Crippen molar-refractivity contribution >= 4 is 22.9 Å². The largest absolute Gasteiger partial charge is 0.327 e. The molecule has 1 saturated heterocycles. The molecule has 2 atom stereocenters. The van der Waals surface area contributed by atoms with Gasteiger partial charge in [0.05, 0.1) is 0 Å². The Labute approximate surface area is 70.3 Å². The third kappa shape index (κ3) is 2.39. The fraction of sp³-hybridized carbons (Fsp3) is 1.00. The minimum Gasteiger partial charge on any atom is -0.327 e. The van der Waals surface area contributed by atoms with Gasteiger partial charge in [0.2, 0.25) is 0 Å². The summed E-state index contributed by atoms with van der Waals surface area (Å²) in [6, 6.07) is 0.408. The van der Waals surface area contributed by atoms with Gasteiger partial charge in [-0.25, -0.2) is 3.11 Å². The molecule has 0 spiro atoms. The van der Waals surface area contributed by atoms with Crippen LogP contribution in [0, 0.1) is 5.92 Å². The first-order chi connectivity index (χ1) is 4.18. The molecular formula is C6H13IN2. The van der Waals surface area contributed by atoms with E-state index in [0.717, 1.165) is 12.5 Å². The van der Waals surface area contributed by atoms with Gasteiger partial charge in [0.1, 0.15) is 0 Å². The maximum atomic E-state index is 5.77. The van der Waals surface area contributed by atoms with Crippen molar-refractivity contribution in [2.45, 2.75) is 19.4 Å². The molecule has 0 amide bonds. The van der Waals surface area contributed by atoms with Crippen molar-refractivity contribution in [1.82, 2.24) is 3.11 Å². The predicted octanol–water partition coefficient (Wildman–Crippen LogP) is 1.01. The first-order valence-electron chi connectivity index (χ1n) is 3.35. The normalized spacial score (nSPS) is 39.0. The fourth-order valence-corrected chi connectivity index (χ4v) is 2.51. The number of nitrogens with two attached hydrogens (primary N) is 1. The number of piperidine rings is 1. The van der Waals surface area contributed by atoms with E-state index < -0.39 is 0 Å². The van der Waals surface area contributed by atoms with Gasteiger partial charge >= 0.3 is 0 Å². The molecule has 2 N–H and O–H groups in total. The Morgan fingerprint density at radius 1 is 1.56 bits per heavy atom. The van der Waals surface area contributed by atoms with Gasteiger partial charge in [-0.3, -0.25) is 0 Å². The molecule has 2 nitrogen and oxygen atoms in total. The van der Waals surface area contributed by atoms with Gasteiger partial charge in [-0.15, -0.1) is 0 Å². The maximum Gasteiger partial charge on any atom is 0.0233 e. The minimum atomic E-state index is 0.408. The van der Waals surface area contributed by atoms with Crippen LogP contribution in [0.5, 0.6) is 0 Å². The van der Waals surface area contributed by atoms with Crippen molar-refractivity contribution in [3.63, 3.8) is 0 Å². The first kappa shape index (κ1) is 7.75. The van der Waals surface area contributed by atoms with Crippen LogP contribution in [0.1, 0.15) is 13.3 Å². The Balaban J connectivity index is 2.34. The summed E-state index contributed by atoms with van der Waals surface area (Å²) in [6.45, 7) is 4.52. The Bertz CT molecular complexity index is 72.0. The zero-order valence-electron chi connectivity index (χ0n) is 5.68. The van der Waals surface area contributed by atoms with Gasteiger partial charge in [-0.1, -0.05) is 6.92 Å². The molecule has 0 bridgehead atoms. The lowest BCUT2D eigenvalue weighted by atomic mass is 9.99. The van der Waals surface area contributed by atoms with Gasteiger partial charge in [0.25, 0.3) is 0 Å². The Hall–Kier alpha value is 0.650. The second-order valence-corrected chi connectivity index (χ2v) is 4.29. The van der Waals surface area contributed by atoms with E-state index in [1.165, 1.54) is 13.0 Å². The van der Waals surface area contributed by atoms with E-state index in [2.05, 4.69) is 32.9 Å². The third-order valence-electron chi connectivity index (χ3n) is 1.65. The topological polar surface area (TPSA) is 29.3 Å². The fourth-order valence-electron chi connectivity index (χ4n) is 1.33. The molecular weight excluding hydrogens is 227 g/mol. The van der Waals surface area contributed by atoms with Gasteiger partial charge < -0.3 is 5.73 Å². The molecule has 0 aromatic rings. The van der Waals surface area contributed by atoms with Crippen molar-refractivity contribution in [2.75, 3.05) is 13.1 Å². The van der Waals surface area contributed by atoms with Crippen LogP contribution in [0.3, 0.4) is 0 Å². The average Bonchev–Trinajstić information content (AvgIpc) is 1.59. The molecule has 1 heterocycles. The molecule has 54 valence electrons. The highest BCUT2D eigenvalue weighted by Crippen LogP contribution is 2.17. The summed E-state index contributed by atoms with van der Waals surface area (Å²) >= 11 is 2.34. The minimum absolute atomic E-state index is 0.408. The lowest BCUT2D eigenvalue weighted by Gasteiger charge is -2.29. The summed E-state index contributed by atoms with van der Waals surface area (Å²) in [5.41, 5.74) is 5.77. The highest BCUT2D eigenvalue weighted by atomic mass is 127. The quantitative estimate of drug-likeness (QED) is 0.505. The molecule has 9 heavy (non-hydrogen) atoms. The molecule has 0 saturated carbocycles. The molecule has 1 rings (SSSR count). The van der Waals surface area contributed by atoms with Crippen LogP contribution in [0.15, 0.2) is 0 Å². The summed E-state index contributed by atoms with van der Waals surface area (Å²) in [6.07, 6.45) is 1.19. The third-order valence-corrected chi connectivity index (χ3v) is 2.44. The molecule has 0 aromatic carbocycles. The van der Waals surface area contributed by atoms with Gasteiger partial charge in [0, 0.05) is 42.0 Å². The van der Waals surface area contributed by atoms with Crippen molar-refractivity contribution in [3.8, 4) is 0 Å². The van der Waals surface area contributed by atoms with E-state index in [-0.39, 0.29) is 0 Å². The van der Waals surface area contributed by atoms with E-state index >= 15 is 0 Å². The van der Waals surface area contributed by atoms with Crippen molar-refractivity contribution < 1.29 is 0 Å². The lowest BCUT2D eigenvalue weighted by Crippen LogP contribution is -2.41. The Kier molecular flexibility index (Phi) is 2.73. The van der Waals surface area contributed by atoms with Crippen LogP contribution in [0.25, 0.3) is 0 Å². The number of nitrogens with zero attached hydrogens (tertiary/aromatic N) is 1. The smallest absolute Gasteiger partial charge is 0.0233 e. The van der Waals surface area contributed by atoms with Crippen molar-refractivity contribution in [3.05, 3.63) is 0 Å². The van der Waals surface area contributed by atoms with Crippen LogP contribution >= 0.6 is 22.9 Å². The summed E-state index contributed by atoms with van der Waals surface area (Å²) in [5.74, 6) is 0.783. The molecule has 1 fully saturated rings. The van der Waals surface area contributed by atoms with Crippen LogP contribution < -0.4 is 5.73 Å². The highest BCUT2D eigenvalue weighted by Gasteiger charge is 2.19. The molecule has 0 unspecified atom stereocenters. The molecule has 1 aliphatic heterocycles. The van der Waals surface area contributed by atoms with Crippen LogP contribution in [-0.2, 0) is 0 Å². The van der Waals surface area contributed by atoms with E-state index in [4.69, 9.17) is 5.73 Å². The number of hydrogen-bond acceptors (Lipinski definition) is 2. The first-order valence-corrected chi connectivity index (χ1v) is 4.31. The molecule has 1 aliphatic rings. The molecule has 0 radical (unpaired) electrons. The van der Waals surface area contributed by atoms with Crippen LogP contribution in [-0.4, -0.2) is 22.2 Å². The van der Waals surface area contributed by atoms with E-state index in [0.29, 0.717) is 6.04 Å². The summed E-state index contributed by atoms with van der Waals surface area (Å²) in [7, 11) is 0. The summed E-state index contributed by atoms with van der Waals surface area (Å²) in [5, 5.41) is 0. The number of halogens is 1. The van der Waals surface area contributed by atoms with Crippen LogP contribution in [0.4, 0.5) is 0 Å². The van der Waals surface area contributed by atoms with Crippen LogP contribution in [0.2, 0.25) is 0 Å². The predicted molar refractivity (Wildman–Crippen MR) is 47.3 cm³/mol. The van der Waals surface area contributed by atoms with E-state index in [9.17, 15) is 0 Å². The monoisotopic (exact) mass is 240 g/mol. The van der Waals surface area contributed by atoms with Crippen molar-refractivity contribution in [1.29, 1.82) is 0 Å². The lowest BCUT2D eigenvalue weighted by molar-refractivity contribution is 0.290. The number of hydrogen-bond donors (Lipinski definition) is 1. The zero-order chi connectivity index (χ0) is 6.85. The van der Waals surface area contributed by atoms with E-state index in [1.807, 2.05) is 0 Å². The summed E-state index contributed by atoms with van der Waals surface area (Å²) < 4.78 is 2.27. The van der Waals surface area contributed by atoms with E-state index in [1.54, 1.807) is 0 Å². The maximum absolute atomic E-state index is 5.77. The SMILES string of the molecule is C[C@H]1C[C@@H](N)CN(I)C1. The Morgan fingerprint density at radius 2 is 2.22 bits per heavy atom. The zero-order valence-corrected chi connectivity index (χ0v) is 7.84. The number of rotatable bonds is 0. The highest BCUT2D eigenvalue weighted by molar-refractivity contribution is 14.1. The second kappa shape index (κ2) is 3.16. The summed E-state index contributed by atoms with van der Waals surface area (Å²) in [4.78, 5) is 0. The van der Waals surface area contributed by atoms with Crippen molar-refractivity contribution in [2.24, 2.45) is 11.7 Å². The average molecular weight is 240 g/mol. The van der Waals surface area contributed by atoms with Gasteiger partial charge in [0.15, 0.2) is 0 Å². The standard InChI is InChI=1S/C6H13IN2/c1-5-2-6(8)4-9(7)3-5/h5-6H,2-4,8H2,1H3/t5-,6+/m0/s1.